The molecule has 1 unspecified atom stereocenters. The molecule has 1 heterocycles. The topological polar surface area (TPSA) is 65.1 Å². The first-order chi connectivity index (χ1) is 14.5. The van der Waals surface area contributed by atoms with E-state index in [1.807, 2.05) is 39.1 Å². The highest BCUT2D eigenvalue weighted by Gasteiger charge is 2.31. The maximum atomic E-state index is 12.3. The van der Waals surface area contributed by atoms with Crippen molar-refractivity contribution in [3.05, 3.63) is 37.2 Å². The summed E-state index contributed by atoms with van der Waals surface area (Å²) >= 11 is 0. The van der Waals surface area contributed by atoms with Crippen LogP contribution in [0.3, 0.4) is 0 Å². The summed E-state index contributed by atoms with van der Waals surface area (Å²) in [7, 11) is 2.06. The Kier molecular flexibility index (Phi) is 8.74. The van der Waals surface area contributed by atoms with Gasteiger partial charge < -0.3 is 20.0 Å². The van der Waals surface area contributed by atoms with Gasteiger partial charge in [0.2, 0.25) is 5.91 Å². The minimum absolute atomic E-state index is 0.0790. The van der Waals surface area contributed by atoms with Gasteiger partial charge in [0.1, 0.15) is 5.60 Å². The average molecular weight is 433 g/mol. The van der Waals surface area contributed by atoms with Gasteiger partial charge in [0.05, 0.1) is 0 Å². The number of rotatable bonds is 9. The summed E-state index contributed by atoms with van der Waals surface area (Å²) in [4.78, 5) is 25.9. The minimum Gasteiger partial charge on any atom is -0.444 e. The molecule has 1 aliphatic heterocycles. The smallest absolute Gasteiger partial charge is 0.410 e. The van der Waals surface area contributed by atoms with Crippen LogP contribution in [0.1, 0.15) is 59.8 Å². The number of carbonyl (C=O) groups excluding carboxylic acids is 2. The molecule has 174 valence electrons. The number of piperidine rings is 1. The zero-order valence-electron chi connectivity index (χ0n) is 19.9. The van der Waals surface area contributed by atoms with E-state index in [0.717, 1.165) is 32.1 Å². The van der Waals surface area contributed by atoms with Gasteiger partial charge in [0, 0.05) is 50.0 Å². The number of nitrogens with zero attached hydrogens (tertiary/aromatic N) is 3. The minimum atomic E-state index is -0.476. The Morgan fingerprint density at radius 2 is 1.84 bits per heavy atom. The van der Waals surface area contributed by atoms with E-state index in [9.17, 15) is 9.59 Å². The highest BCUT2D eigenvalue weighted by molar-refractivity contribution is 5.82. The van der Waals surface area contributed by atoms with Crippen LogP contribution in [0.4, 0.5) is 4.79 Å². The van der Waals surface area contributed by atoms with Gasteiger partial charge in [0.25, 0.3) is 0 Å². The van der Waals surface area contributed by atoms with Crippen LogP contribution in [0.2, 0.25) is 0 Å². The van der Waals surface area contributed by atoms with E-state index in [1.165, 1.54) is 0 Å². The summed E-state index contributed by atoms with van der Waals surface area (Å²) in [6, 6.07) is 0.533. The monoisotopic (exact) mass is 432 g/mol. The first kappa shape index (κ1) is 25.0. The average Bonchev–Trinajstić information content (AvgIpc) is 3.53. The lowest BCUT2D eigenvalue weighted by atomic mass is 10.0. The molecule has 0 spiro atoms. The van der Waals surface area contributed by atoms with E-state index in [4.69, 9.17) is 4.74 Å². The number of hydrazine groups is 1. The zero-order valence-corrected chi connectivity index (χ0v) is 19.9. The molecule has 0 aromatic heterocycles. The van der Waals surface area contributed by atoms with Crippen molar-refractivity contribution in [2.24, 2.45) is 5.92 Å². The molecule has 1 saturated heterocycles. The molecule has 7 nitrogen and oxygen atoms in total. The maximum absolute atomic E-state index is 12.3. The molecule has 2 fully saturated rings. The van der Waals surface area contributed by atoms with Crippen molar-refractivity contribution in [3.63, 3.8) is 0 Å². The summed E-state index contributed by atoms with van der Waals surface area (Å²) in [6.07, 6.45) is 10.1. The Labute approximate surface area is 187 Å². The van der Waals surface area contributed by atoms with E-state index in [-0.39, 0.29) is 24.0 Å². The van der Waals surface area contributed by atoms with E-state index in [2.05, 4.69) is 42.5 Å². The number of hydrogen-bond acceptors (Lipinski definition) is 5. The van der Waals surface area contributed by atoms with Crippen molar-refractivity contribution in [3.8, 4) is 0 Å². The highest BCUT2D eigenvalue weighted by Crippen LogP contribution is 2.29. The van der Waals surface area contributed by atoms with Crippen molar-refractivity contribution >= 4 is 12.0 Å². The van der Waals surface area contributed by atoms with Gasteiger partial charge in [-0.1, -0.05) is 19.2 Å². The molecule has 1 aliphatic carbocycles. The number of nitrogens with one attached hydrogen (secondary N) is 1. The Morgan fingerprint density at radius 1 is 1.23 bits per heavy atom. The van der Waals surface area contributed by atoms with Crippen molar-refractivity contribution in [1.82, 2.24) is 20.2 Å². The number of carbonyl (C=O) groups is 2. The third-order valence-electron chi connectivity index (χ3n) is 5.71. The Hall–Kier alpha value is -2.28. The molecule has 1 atom stereocenters. The predicted molar refractivity (Wildman–Crippen MR) is 124 cm³/mol. The normalized spacial score (nSPS) is 18.7. The Bertz CT molecular complexity index is 685. The van der Waals surface area contributed by atoms with E-state index in [0.29, 0.717) is 24.8 Å². The van der Waals surface area contributed by atoms with Crippen LogP contribution in [-0.4, -0.2) is 64.7 Å². The largest absolute Gasteiger partial charge is 0.444 e. The second-order valence-corrected chi connectivity index (χ2v) is 9.61. The molecule has 31 heavy (non-hydrogen) atoms. The van der Waals surface area contributed by atoms with Crippen LogP contribution in [0.15, 0.2) is 37.2 Å². The van der Waals surface area contributed by atoms with Gasteiger partial charge in [-0.05, 0) is 65.9 Å². The fourth-order valence-corrected chi connectivity index (χ4v) is 3.61. The highest BCUT2D eigenvalue weighted by atomic mass is 16.6. The molecule has 2 amide bonds. The van der Waals surface area contributed by atoms with Crippen molar-refractivity contribution in [1.29, 1.82) is 0 Å². The van der Waals surface area contributed by atoms with Crippen LogP contribution in [0.25, 0.3) is 0 Å². The van der Waals surface area contributed by atoms with Crippen molar-refractivity contribution < 1.29 is 14.3 Å². The fraction of sp³-hybridized carbons (Fsp3) is 0.667. The third kappa shape index (κ3) is 8.05. The molecule has 0 aromatic rings. The summed E-state index contributed by atoms with van der Waals surface area (Å²) in [5.74, 6) is 0.258. The maximum Gasteiger partial charge on any atom is 0.410 e. The van der Waals surface area contributed by atoms with E-state index >= 15 is 0 Å². The molecule has 1 N–H and O–H groups in total. The van der Waals surface area contributed by atoms with E-state index in [1.54, 1.807) is 4.90 Å². The van der Waals surface area contributed by atoms with Crippen molar-refractivity contribution in [2.45, 2.75) is 77.5 Å². The molecule has 2 rings (SSSR count). The van der Waals surface area contributed by atoms with Gasteiger partial charge in [-0.15, -0.1) is 0 Å². The molecular formula is C24H40N4O3. The summed E-state index contributed by atoms with van der Waals surface area (Å²) < 4.78 is 5.49. The molecule has 0 bridgehead atoms. The molecule has 7 heteroatoms. The second-order valence-electron chi connectivity index (χ2n) is 9.61. The fourth-order valence-electron chi connectivity index (χ4n) is 3.61. The lowest BCUT2D eigenvalue weighted by Gasteiger charge is -2.44. The molecular weight excluding hydrogens is 392 g/mol. The summed E-state index contributed by atoms with van der Waals surface area (Å²) in [5, 5.41) is 7.22. The molecule has 0 radical (unpaired) electrons. The lowest BCUT2D eigenvalue weighted by Crippen LogP contribution is -2.52. The quantitative estimate of drug-likeness (QED) is 0.440. The third-order valence-corrected chi connectivity index (χ3v) is 5.71. The number of allylic oxidation sites excluding steroid dienone is 1. The molecule has 2 aliphatic rings. The number of ether oxygens (including phenoxy) is 1. The molecule has 0 aromatic carbocycles. The van der Waals surface area contributed by atoms with Gasteiger partial charge in [0.15, 0.2) is 0 Å². The Morgan fingerprint density at radius 3 is 2.35 bits per heavy atom. The van der Waals surface area contributed by atoms with Crippen molar-refractivity contribution in [2.75, 3.05) is 20.1 Å². The first-order valence-electron chi connectivity index (χ1n) is 11.3. The van der Waals surface area contributed by atoms with Gasteiger partial charge in [-0.3, -0.25) is 4.79 Å². The van der Waals surface area contributed by atoms with Gasteiger partial charge in [-0.2, -0.15) is 0 Å². The van der Waals surface area contributed by atoms with Gasteiger partial charge in [-0.25, -0.2) is 9.80 Å². The predicted octanol–water partition coefficient (Wildman–Crippen LogP) is 4.05. The summed E-state index contributed by atoms with van der Waals surface area (Å²) in [5.41, 5.74) is 0.165. The second kappa shape index (κ2) is 10.8. The molecule has 1 saturated carbocycles. The van der Waals surface area contributed by atoms with Crippen LogP contribution in [0, 0.1) is 5.92 Å². The SMILES string of the molecule is C=CN(C1CCN(C(=O)OC(C)(C)C)CC1)N(C)C(C)C/C=C\C(=C)NC(=O)C1CC1. The van der Waals surface area contributed by atoms with Crippen LogP contribution < -0.4 is 5.32 Å². The zero-order chi connectivity index (χ0) is 23.2. The lowest BCUT2D eigenvalue weighted by molar-refractivity contribution is -0.121. The van der Waals surface area contributed by atoms with Gasteiger partial charge >= 0.3 is 6.09 Å². The van der Waals surface area contributed by atoms with Crippen LogP contribution >= 0.6 is 0 Å². The van der Waals surface area contributed by atoms with E-state index < -0.39 is 5.60 Å². The van der Waals surface area contributed by atoms with Crippen LogP contribution in [0.5, 0.6) is 0 Å². The number of likely N-dealkylation sites (tertiary alicyclic amines) is 1. The van der Waals surface area contributed by atoms with Crippen LogP contribution in [-0.2, 0) is 9.53 Å². The first-order valence-corrected chi connectivity index (χ1v) is 11.3. The number of amides is 2. The summed E-state index contributed by atoms with van der Waals surface area (Å²) in [6.45, 7) is 17.1. The standard InChI is InChI=1S/C24H40N4O3/c1-8-28(21-14-16-27(17-15-21)23(30)31-24(4,5)6)26(7)19(3)11-9-10-18(2)25-22(29)20-12-13-20/h8-10,19-21H,1-2,11-17H2,3-7H3,(H,25,29)/b10-9-. The Balaban J connectivity index is 1.80. The number of hydrogen-bond donors (Lipinski definition) is 1.